The number of nitrogens with zero attached hydrogens (tertiary/aromatic N) is 2. The fraction of sp³-hybridized carbons (Fsp3) is 0.909. The predicted octanol–water partition coefficient (Wildman–Crippen LogP) is 1.95. The van der Waals surface area contributed by atoms with E-state index in [0.717, 1.165) is 5.92 Å². The van der Waals surface area contributed by atoms with Crippen molar-refractivity contribution in [2.24, 2.45) is 10.9 Å². The van der Waals surface area contributed by atoms with Gasteiger partial charge in [0.2, 0.25) is 0 Å². The van der Waals surface area contributed by atoms with Crippen molar-refractivity contribution < 1.29 is 0 Å². The van der Waals surface area contributed by atoms with Crippen molar-refractivity contribution in [2.45, 2.75) is 45.7 Å². The zero-order valence-electron chi connectivity index (χ0n) is 9.17. The van der Waals surface area contributed by atoms with Gasteiger partial charge in [0.15, 0.2) is 0 Å². The maximum Gasteiger partial charge on any atom is 0.0669 e. The summed E-state index contributed by atoms with van der Waals surface area (Å²) in [6, 6.07) is 0.610. The summed E-state index contributed by atoms with van der Waals surface area (Å²) in [5.41, 5.74) is 1.69. The summed E-state index contributed by atoms with van der Waals surface area (Å²) in [6.45, 7) is 11.5. The lowest BCUT2D eigenvalue weighted by atomic mass is 10.0. The molecule has 0 unspecified atom stereocenters. The van der Waals surface area contributed by atoms with E-state index < -0.39 is 0 Å². The minimum atomic E-state index is 0.327. The Hall–Kier alpha value is -0.370. The number of rotatable bonds is 0. The molecule has 1 fully saturated rings. The van der Waals surface area contributed by atoms with Crippen molar-refractivity contribution in [1.82, 2.24) is 4.90 Å². The number of fused-ring (bicyclic) bond motifs is 1. The average molecular weight is 180 g/mol. The lowest BCUT2D eigenvalue weighted by Gasteiger charge is -2.31. The second kappa shape index (κ2) is 2.81. The van der Waals surface area contributed by atoms with E-state index in [4.69, 9.17) is 0 Å². The summed E-state index contributed by atoms with van der Waals surface area (Å²) in [5.74, 6) is 0.819. The van der Waals surface area contributed by atoms with E-state index >= 15 is 0 Å². The molecule has 0 aromatic heterocycles. The highest BCUT2D eigenvalue weighted by Crippen LogP contribution is 2.32. The van der Waals surface area contributed by atoms with Crippen molar-refractivity contribution in [3.05, 3.63) is 0 Å². The van der Waals surface area contributed by atoms with Gasteiger partial charge >= 0.3 is 0 Å². The Balaban J connectivity index is 2.04. The second-order valence-electron chi connectivity index (χ2n) is 5.47. The molecule has 0 spiro atoms. The van der Waals surface area contributed by atoms with Crippen LogP contribution in [0.3, 0.4) is 0 Å². The van der Waals surface area contributed by atoms with Gasteiger partial charge in [0.05, 0.1) is 6.04 Å². The van der Waals surface area contributed by atoms with Crippen LogP contribution in [0.25, 0.3) is 0 Å². The van der Waals surface area contributed by atoms with Crippen molar-refractivity contribution >= 4 is 5.71 Å². The Bertz CT molecular complexity index is 237. The molecule has 0 aromatic carbocycles. The van der Waals surface area contributed by atoms with Crippen LogP contribution in [0.1, 0.15) is 34.1 Å². The lowest BCUT2D eigenvalue weighted by Crippen LogP contribution is -2.40. The van der Waals surface area contributed by atoms with Gasteiger partial charge in [-0.3, -0.25) is 9.89 Å². The topological polar surface area (TPSA) is 15.6 Å². The Morgan fingerprint density at radius 1 is 1.31 bits per heavy atom. The first-order chi connectivity index (χ1) is 5.97. The van der Waals surface area contributed by atoms with Crippen LogP contribution in [0, 0.1) is 5.92 Å². The molecule has 2 aliphatic rings. The number of hydrogen-bond acceptors (Lipinski definition) is 2. The molecule has 1 saturated heterocycles. The summed E-state index contributed by atoms with van der Waals surface area (Å²) in [6.07, 6.45) is 1.23. The quantitative estimate of drug-likeness (QED) is 0.556. The Kier molecular flexibility index (Phi) is 1.99. The van der Waals surface area contributed by atoms with E-state index in [1.165, 1.54) is 25.2 Å². The van der Waals surface area contributed by atoms with Gasteiger partial charge in [0.1, 0.15) is 0 Å². The molecule has 2 nitrogen and oxygen atoms in total. The molecule has 0 bridgehead atoms. The van der Waals surface area contributed by atoms with Crippen molar-refractivity contribution in [2.75, 3.05) is 13.1 Å². The summed E-state index contributed by atoms with van der Waals surface area (Å²) >= 11 is 0. The van der Waals surface area contributed by atoms with E-state index in [9.17, 15) is 0 Å². The van der Waals surface area contributed by atoms with Crippen molar-refractivity contribution in [3.8, 4) is 0 Å². The maximum atomic E-state index is 4.69. The molecule has 0 aliphatic carbocycles. The van der Waals surface area contributed by atoms with Gasteiger partial charge in [0.25, 0.3) is 0 Å². The van der Waals surface area contributed by atoms with Crippen LogP contribution in [-0.4, -0.2) is 35.3 Å². The Labute approximate surface area is 81.0 Å². The largest absolute Gasteiger partial charge is 0.296 e. The molecular formula is C11H20N2. The molecule has 2 atom stereocenters. The van der Waals surface area contributed by atoms with Gasteiger partial charge in [-0.15, -0.1) is 0 Å². The number of hydrogen-bond donors (Lipinski definition) is 0. The fourth-order valence-electron chi connectivity index (χ4n) is 2.46. The van der Waals surface area contributed by atoms with Crippen LogP contribution in [0.15, 0.2) is 4.99 Å². The van der Waals surface area contributed by atoms with Crippen LogP contribution in [0.2, 0.25) is 0 Å². The molecule has 2 heteroatoms. The smallest absolute Gasteiger partial charge is 0.0669 e. The van der Waals surface area contributed by atoms with E-state index in [1.54, 1.807) is 0 Å². The van der Waals surface area contributed by atoms with Gasteiger partial charge in [0, 0.05) is 30.3 Å². The van der Waals surface area contributed by atoms with E-state index in [0.29, 0.717) is 11.6 Å². The van der Waals surface area contributed by atoms with Crippen LogP contribution in [0.5, 0.6) is 0 Å². The summed E-state index contributed by atoms with van der Waals surface area (Å²) in [5, 5.41) is 0. The minimum absolute atomic E-state index is 0.327. The summed E-state index contributed by atoms with van der Waals surface area (Å²) in [7, 11) is 0. The predicted molar refractivity (Wildman–Crippen MR) is 56.3 cm³/mol. The van der Waals surface area contributed by atoms with Crippen molar-refractivity contribution in [3.63, 3.8) is 0 Å². The highest BCUT2D eigenvalue weighted by Gasteiger charge is 2.40. The van der Waals surface area contributed by atoms with Crippen LogP contribution >= 0.6 is 0 Å². The first-order valence-corrected chi connectivity index (χ1v) is 5.25. The van der Waals surface area contributed by atoms with Crippen LogP contribution in [-0.2, 0) is 0 Å². The standard InChI is InChI=1S/C11H20N2/c1-8-5-9-6-13(11(2,3)4)7-10(9)12-8/h9-10H,5-7H2,1-4H3/t9-,10+/m1/s1. The third-order valence-corrected chi connectivity index (χ3v) is 3.30. The molecule has 0 amide bonds. The van der Waals surface area contributed by atoms with Gasteiger partial charge in [-0.1, -0.05) is 0 Å². The molecular weight excluding hydrogens is 160 g/mol. The van der Waals surface area contributed by atoms with Gasteiger partial charge in [-0.05, 0) is 34.1 Å². The van der Waals surface area contributed by atoms with Crippen LogP contribution in [0.4, 0.5) is 0 Å². The lowest BCUT2D eigenvalue weighted by molar-refractivity contribution is 0.167. The zero-order valence-corrected chi connectivity index (χ0v) is 9.17. The number of likely N-dealkylation sites (tertiary alicyclic amines) is 1. The highest BCUT2D eigenvalue weighted by molar-refractivity contribution is 5.84. The molecule has 74 valence electrons. The summed E-state index contributed by atoms with van der Waals surface area (Å²) in [4.78, 5) is 7.26. The first kappa shape index (κ1) is 9.20. The molecule has 2 aliphatic heterocycles. The molecule has 0 aromatic rings. The van der Waals surface area contributed by atoms with E-state index in [-0.39, 0.29) is 0 Å². The minimum Gasteiger partial charge on any atom is -0.296 e. The van der Waals surface area contributed by atoms with Gasteiger partial charge in [-0.2, -0.15) is 0 Å². The van der Waals surface area contributed by atoms with Gasteiger partial charge in [-0.25, -0.2) is 0 Å². The second-order valence-corrected chi connectivity index (χ2v) is 5.47. The third kappa shape index (κ3) is 1.64. The molecule has 0 radical (unpaired) electrons. The average Bonchev–Trinajstić information content (AvgIpc) is 2.40. The Morgan fingerprint density at radius 2 is 2.00 bits per heavy atom. The van der Waals surface area contributed by atoms with Gasteiger partial charge < -0.3 is 0 Å². The SMILES string of the molecule is CC1=N[C@H]2CN(C(C)(C)C)C[C@H]2C1. The monoisotopic (exact) mass is 180 g/mol. The fourth-order valence-corrected chi connectivity index (χ4v) is 2.46. The summed E-state index contributed by atoms with van der Waals surface area (Å²) < 4.78 is 0. The molecule has 2 heterocycles. The highest BCUT2D eigenvalue weighted by atomic mass is 15.2. The zero-order chi connectivity index (χ0) is 9.64. The molecule has 13 heavy (non-hydrogen) atoms. The third-order valence-electron chi connectivity index (χ3n) is 3.30. The molecule has 2 rings (SSSR count). The van der Waals surface area contributed by atoms with Crippen molar-refractivity contribution in [1.29, 1.82) is 0 Å². The molecule has 0 N–H and O–H groups in total. The van der Waals surface area contributed by atoms with E-state index in [2.05, 4.69) is 37.6 Å². The van der Waals surface area contributed by atoms with Crippen LogP contribution < -0.4 is 0 Å². The van der Waals surface area contributed by atoms with E-state index in [1.807, 2.05) is 0 Å². The normalized spacial score (nSPS) is 34.9. The maximum absolute atomic E-state index is 4.69. The Morgan fingerprint density at radius 3 is 2.54 bits per heavy atom. The molecule has 0 saturated carbocycles. The first-order valence-electron chi connectivity index (χ1n) is 5.25. The number of aliphatic imine (C=N–C) groups is 1.